The van der Waals surface area contributed by atoms with Crippen LogP contribution in [0.3, 0.4) is 0 Å². The number of nitrogens with one attached hydrogen (secondary N) is 2. The highest BCUT2D eigenvalue weighted by molar-refractivity contribution is 5.82. The van der Waals surface area contributed by atoms with Crippen LogP contribution in [0.4, 0.5) is 4.79 Å². The van der Waals surface area contributed by atoms with Crippen LogP contribution in [0.5, 0.6) is 11.5 Å². The molecule has 3 N–H and O–H groups in total. The van der Waals surface area contributed by atoms with Crippen LogP contribution in [0.1, 0.15) is 31.4 Å². The van der Waals surface area contributed by atoms with Gasteiger partial charge in [0.05, 0.1) is 33.5 Å². The average molecular weight is 354 g/mol. The van der Waals surface area contributed by atoms with Crippen molar-refractivity contribution in [3.63, 3.8) is 0 Å². The van der Waals surface area contributed by atoms with Crippen molar-refractivity contribution in [2.24, 2.45) is 0 Å². The number of ether oxygens (including phenoxy) is 3. The minimum Gasteiger partial charge on any atom is -0.497 e. The number of methoxy groups -OCH3 is 2. The number of unbranched alkanes of at least 4 members (excludes halogenated alkanes) is 1. The second kappa shape index (κ2) is 11.1. The molecule has 0 heterocycles. The highest BCUT2D eigenvalue weighted by atomic mass is 16.5. The Bertz CT molecular complexity index is 542. The Kier molecular flexibility index (Phi) is 9.16. The van der Waals surface area contributed by atoms with Gasteiger partial charge in [-0.3, -0.25) is 4.79 Å². The average Bonchev–Trinajstić information content (AvgIpc) is 2.63. The Labute approximate surface area is 147 Å². The summed E-state index contributed by atoms with van der Waals surface area (Å²) in [4.78, 5) is 23.1. The Morgan fingerprint density at radius 3 is 2.32 bits per heavy atom. The van der Waals surface area contributed by atoms with Crippen LogP contribution in [0.2, 0.25) is 0 Å². The lowest BCUT2D eigenvalue weighted by Gasteiger charge is -2.15. The fourth-order valence-electron chi connectivity index (χ4n) is 1.93. The van der Waals surface area contributed by atoms with E-state index in [4.69, 9.17) is 14.2 Å². The summed E-state index contributed by atoms with van der Waals surface area (Å²) in [6.45, 7) is 2.07. The number of rotatable bonds is 10. The molecule has 0 saturated heterocycles. The van der Waals surface area contributed by atoms with Crippen LogP contribution >= 0.6 is 0 Å². The van der Waals surface area contributed by atoms with Crippen molar-refractivity contribution in [1.29, 1.82) is 0 Å². The van der Waals surface area contributed by atoms with Crippen LogP contribution in [0, 0.1) is 0 Å². The van der Waals surface area contributed by atoms with Gasteiger partial charge in [0.2, 0.25) is 5.91 Å². The number of benzene rings is 1. The van der Waals surface area contributed by atoms with E-state index in [0.717, 1.165) is 12.8 Å². The van der Waals surface area contributed by atoms with Crippen LogP contribution in [-0.4, -0.2) is 51.0 Å². The smallest absolute Gasteiger partial charge is 0.407 e. The van der Waals surface area contributed by atoms with Gasteiger partial charge in [0, 0.05) is 12.6 Å². The van der Waals surface area contributed by atoms with Crippen molar-refractivity contribution in [2.45, 2.75) is 25.9 Å². The van der Waals surface area contributed by atoms with Crippen molar-refractivity contribution in [3.8, 4) is 11.5 Å². The summed E-state index contributed by atoms with van der Waals surface area (Å²) in [5.74, 6) is 0.647. The van der Waals surface area contributed by atoms with Gasteiger partial charge in [0.15, 0.2) is 0 Å². The molecule has 0 aliphatic carbocycles. The quantitative estimate of drug-likeness (QED) is 0.548. The SMILES string of the molecule is CCCCOC(=O)NCC(=O)NCC(O)c1cc(OC)cc(OC)c1. The summed E-state index contributed by atoms with van der Waals surface area (Å²) in [5.41, 5.74) is 0.545. The molecule has 2 amide bonds. The Hall–Kier alpha value is -2.48. The van der Waals surface area contributed by atoms with E-state index < -0.39 is 18.1 Å². The van der Waals surface area contributed by atoms with E-state index in [1.54, 1.807) is 18.2 Å². The van der Waals surface area contributed by atoms with Gasteiger partial charge in [-0.2, -0.15) is 0 Å². The molecule has 0 fully saturated rings. The number of aliphatic hydroxyl groups excluding tert-OH is 1. The van der Waals surface area contributed by atoms with E-state index in [2.05, 4.69) is 10.6 Å². The molecule has 0 aromatic heterocycles. The maximum atomic E-state index is 11.7. The molecule has 8 heteroatoms. The number of hydrogen-bond acceptors (Lipinski definition) is 6. The zero-order chi connectivity index (χ0) is 18.7. The molecule has 1 atom stereocenters. The molecular weight excluding hydrogens is 328 g/mol. The first-order chi connectivity index (χ1) is 12.0. The molecule has 140 valence electrons. The van der Waals surface area contributed by atoms with Crippen molar-refractivity contribution >= 4 is 12.0 Å². The number of aliphatic hydroxyl groups is 1. The molecule has 0 spiro atoms. The van der Waals surface area contributed by atoms with Gasteiger partial charge in [-0.15, -0.1) is 0 Å². The van der Waals surface area contributed by atoms with Crippen molar-refractivity contribution in [2.75, 3.05) is 33.9 Å². The molecule has 1 aromatic rings. The van der Waals surface area contributed by atoms with Crippen molar-refractivity contribution < 1.29 is 28.9 Å². The van der Waals surface area contributed by atoms with Crippen LogP contribution in [-0.2, 0) is 9.53 Å². The maximum absolute atomic E-state index is 11.7. The summed E-state index contributed by atoms with van der Waals surface area (Å²) in [5, 5.41) is 15.1. The molecule has 1 aromatic carbocycles. The summed E-state index contributed by atoms with van der Waals surface area (Å²) in [6, 6.07) is 4.99. The summed E-state index contributed by atoms with van der Waals surface area (Å²) in [6.07, 6.45) is 0.113. The minimum atomic E-state index is -0.940. The fourth-order valence-corrected chi connectivity index (χ4v) is 1.93. The highest BCUT2D eigenvalue weighted by Gasteiger charge is 2.13. The lowest BCUT2D eigenvalue weighted by molar-refractivity contribution is -0.120. The monoisotopic (exact) mass is 354 g/mol. The third-order valence-electron chi connectivity index (χ3n) is 3.38. The lowest BCUT2D eigenvalue weighted by Crippen LogP contribution is -2.38. The summed E-state index contributed by atoms with van der Waals surface area (Å²) >= 11 is 0. The molecule has 1 unspecified atom stereocenters. The molecular formula is C17H26N2O6. The van der Waals surface area contributed by atoms with Gasteiger partial charge in [-0.25, -0.2) is 4.79 Å². The number of carbonyl (C=O) groups is 2. The van der Waals surface area contributed by atoms with Crippen LogP contribution < -0.4 is 20.1 Å². The lowest BCUT2D eigenvalue weighted by atomic mass is 10.1. The van der Waals surface area contributed by atoms with E-state index in [1.165, 1.54) is 14.2 Å². The fraction of sp³-hybridized carbons (Fsp3) is 0.529. The number of hydrogen-bond donors (Lipinski definition) is 3. The Morgan fingerprint density at radius 1 is 1.12 bits per heavy atom. The van der Waals surface area contributed by atoms with Gasteiger partial charge >= 0.3 is 6.09 Å². The third kappa shape index (κ3) is 7.75. The van der Waals surface area contributed by atoms with Gasteiger partial charge in [-0.05, 0) is 24.1 Å². The molecule has 0 radical (unpaired) electrons. The first-order valence-electron chi connectivity index (χ1n) is 8.08. The Morgan fingerprint density at radius 2 is 1.76 bits per heavy atom. The predicted octanol–water partition coefficient (Wildman–Crippen LogP) is 1.38. The minimum absolute atomic E-state index is 0.0122. The third-order valence-corrected chi connectivity index (χ3v) is 3.38. The normalized spacial score (nSPS) is 11.4. The molecule has 25 heavy (non-hydrogen) atoms. The molecule has 0 saturated carbocycles. The molecule has 8 nitrogen and oxygen atoms in total. The zero-order valence-electron chi connectivity index (χ0n) is 14.8. The van der Waals surface area contributed by atoms with E-state index in [9.17, 15) is 14.7 Å². The van der Waals surface area contributed by atoms with Gasteiger partial charge in [-0.1, -0.05) is 13.3 Å². The van der Waals surface area contributed by atoms with Gasteiger partial charge in [0.1, 0.15) is 11.5 Å². The summed E-state index contributed by atoms with van der Waals surface area (Å²) < 4.78 is 15.1. The standard InChI is InChI=1S/C17H26N2O6/c1-4-5-6-25-17(22)19-11-16(21)18-10-15(20)12-7-13(23-2)9-14(8-12)24-3/h7-9,15,20H,4-6,10-11H2,1-3H3,(H,18,21)(H,19,22). The second-order valence-electron chi connectivity index (χ2n) is 5.31. The second-order valence-corrected chi connectivity index (χ2v) is 5.31. The topological polar surface area (TPSA) is 106 Å². The molecule has 0 aliphatic heterocycles. The van der Waals surface area contributed by atoms with Crippen LogP contribution in [0.15, 0.2) is 18.2 Å². The first-order valence-corrected chi connectivity index (χ1v) is 8.08. The van der Waals surface area contributed by atoms with Crippen molar-refractivity contribution in [1.82, 2.24) is 10.6 Å². The van der Waals surface area contributed by atoms with Gasteiger partial charge in [0.25, 0.3) is 0 Å². The number of amides is 2. The zero-order valence-corrected chi connectivity index (χ0v) is 14.8. The van der Waals surface area contributed by atoms with Gasteiger partial charge < -0.3 is 30.0 Å². The van der Waals surface area contributed by atoms with Crippen LogP contribution in [0.25, 0.3) is 0 Å². The molecule has 1 rings (SSSR count). The maximum Gasteiger partial charge on any atom is 0.407 e. The first kappa shape index (κ1) is 20.6. The molecule has 0 bridgehead atoms. The van der Waals surface area contributed by atoms with E-state index in [-0.39, 0.29) is 13.1 Å². The van der Waals surface area contributed by atoms with E-state index in [0.29, 0.717) is 23.7 Å². The molecule has 0 aliphatic rings. The predicted molar refractivity (Wildman–Crippen MR) is 91.8 cm³/mol. The Balaban J connectivity index is 2.41. The largest absolute Gasteiger partial charge is 0.497 e. The van der Waals surface area contributed by atoms with E-state index >= 15 is 0 Å². The highest BCUT2D eigenvalue weighted by Crippen LogP contribution is 2.26. The number of carbonyl (C=O) groups excluding carboxylic acids is 2. The van der Waals surface area contributed by atoms with Crippen molar-refractivity contribution in [3.05, 3.63) is 23.8 Å². The number of alkyl carbamates (subject to hydrolysis) is 1. The van der Waals surface area contributed by atoms with E-state index in [1.807, 2.05) is 6.92 Å². The summed E-state index contributed by atoms with van der Waals surface area (Å²) in [7, 11) is 3.02.